The zero-order valence-corrected chi connectivity index (χ0v) is 11.2. The van der Waals surface area contributed by atoms with Crippen LogP contribution in [0.4, 0.5) is 8.78 Å². The maximum atomic E-state index is 13.7. The van der Waals surface area contributed by atoms with Crippen LogP contribution in [0.3, 0.4) is 0 Å². The molecule has 1 fully saturated rings. The second-order valence-corrected chi connectivity index (χ2v) is 4.74. The van der Waals surface area contributed by atoms with Crippen molar-refractivity contribution in [2.24, 2.45) is 0 Å². The van der Waals surface area contributed by atoms with Crippen LogP contribution in [0.2, 0.25) is 0 Å². The zero-order valence-electron chi connectivity index (χ0n) is 11.2. The fraction of sp³-hybridized carbons (Fsp3) is 0.571. The summed E-state index contributed by atoms with van der Waals surface area (Å²) in [6, 6.07) is 3.81. The van der Waals surface area contributed by atoms with Gasteiger partial charge in [0.1, 0.15) is 11.6 Å². The lowest BCUT2D eigenvalue weighted by Gasteiger charge is -2.35. The fourth-order valence-corrected chi connectivity index (χ4v) is 2.28. The van der Waals surface area contributed by atoms with Gasteiger partial charge in [-0.15, -0.1) is 0 Å². The summed E-state index contributed by atoms with van der Waals surface area (Å²) in [5.41, 5.74) is 0.406. The first-order chi connectivity index (χ1) is 9.20. The average molecular weight is 270 g/mol. The summed E-state index contributed by atoms with van der Waals surface area (Å²) in [6.07, 6.45) is 0. The second kappa shape index (κ2) is 6.93. The summed E-state index contributed by atoms with van der Waals surface area (Å²) in [5.74, 6) is -0.747. The molecule has 0 amide bonds. The van der Waals surface area contributed by atoms with E-state index in [9.17, 15) is 8.78 Å². The van der Waals surface area contributed by atoms with E-state index >= 15 is 0 Å². The number of benzene rings is 1. The first-order valence-corrected chi connectivity index (χ1v) is 6.67. The summed E-state index contributed by atoms with van der Waals surface area (Å²) in [6.45, 7) is 6.16. The van der Waals surface area contributed by atoms with E-state index in [2.05, 4.69) is 10.2 Å². The molecule has 1 N–H and O–H groups in total. The van der Waals surface area contributed by atoms with E-state index in [1.54, 1.807) is 0 Å². The van der Waals surface area contributed by atoms with Gasteiger partial charge in [-0.1, -0.05) is 6.92 Å². The molecule has 1 unspecified atom stereocenters. The third-order valence-electron chi connectivity index (χ3n) is 3.36. The van der Waals surface area contributed by atoms with Crippen LogP contribution < -0.4 is 5.32 Å². The molecule has 0 spiro atoms. The highest BCUT2D eigenvalue weighted by molar-refractivity contribution is 5.18. The molecule has 0 saturated carbocycles. The molecule has 0 aromatic heterocycles. The van der Waals surface area contributed by atoms with Gasteiger partial charge in [0, 0.05) is 31.2 Å². The number of nitrogens with one attached hydrogen (secondary N) is 1. The summed E-state index contributed by atoms with van der Waals surface area (Å²) >= 11 is 0. The Hall–Kier alpha value is -1.04. The molecule has 106 valence electrons. The third kappa shape index (κ3) is 3.96. The number of hydrogen-bond donors (Lipinski definition) is 1. The van der Waals surface area contributed by atoms with Crippen molar-refractivity contribution in [2.75, 3.05) is 32.8 Å². The van der Waals surface area contributed by atoms with Gasteiger partial charge in [0.15, 0.2) is 0 Å². The Morgan fingerprint density at radius 2 is 2.26 bits per heavy atom. The molecule has 1 aliphatic rings. The van der Waals surface area contributed by atoms with Gasteiger partial charge in [0.05, 0.1) is 13.2 Å². The summed E-state index contributed by atoms with van der Waals surface area (Å²) in [7, 11) is 0. The Morgan fingerprint density at radius 1 is 1.42 bits per heavy atom. The number of nitrogens with zero attached hydrogens (tertiary/aromatic N) is 1. The van der Waals surface area contributed by atoms with Gasteiger partial charge >= 0.3 is 0 Å². The van der Waals surface area contributed by atoms with Crippen LogP contribution in [0.25, 0.3) is 0 Å². The van der Waals surface area contributed by atoms with E-state index in [0.29, 0.717) is 25.3 Å². The van der Waals surface area contributed by atoms with Crippen molar-refractivity contribution in [1.82, 2.24) is 10.2 Å². The highest BCUT2D eigenvalue weighted by Gasteiger charge is 2.23. The van der Waals surface area contributed by atoms with E-state index in [-0.39, 0.29) is 11.9 Å². The Labute approximate surface area is 112 Å². The molecule has 3 nitrogen and oxygen atoms in total. The van der Waals surface area contributed by atoms with Crippen molar-refractivity contribution in [3.8, 4) is 0 Å². The normalized spacial score (nSPS) is 20.7. The van der Waals surface area contributed by atoms with E-state index in [1.165, 1.54) is 12.1 Å². The predicted octanol–water partition coefficient (Wildman–Crippen LogP) is 1.78. The minimum Gasteiger partial charge on any atom is -0.378 e. The Morgan fingerprint density at radius 3 is 3.05 bits per heavy atom. The highest BCUT2D eigenvalue weighted by atomic mass is 19.1. The standard InChI is InChI=1S/C14H20F2N2O/c1-2-17-8-13-10-19-6-5-18(13)9-11-7-12(15)3-4-14(11)16/h3-4,7,13,17H,2,5-6,8-10H2,1H3. The number of hydrogen-bond acceptors (Lipinski definition) is 3. The highest BCUT2D eigenvalue weighted by Crippen LogP contribution is 2.16. The molecule has 0 radical (unpaired) electrons. The van der Waals surface area contributed by atoms with E-state index in [0.717, 1.165) is 25.7 Å². The number of halogens is 2. The van der Waals surface area contributed by atoms with Crippen molar-refractivity contribution in [2.45, 2.75) is 19.5 Å². The molecule has 19 heavy (non-hydrogen) atoms. The maximum Gasteiger partial charge on any atom is 0.127 e. The van der Waals surface area contributed by atoms with E-state index < -0.39 is 5.82 Å². The molecule has 1 saturated heterocycles. The van der Waals surface area contributed by atoms with Crippen LogP contribution in [-0.4, -0.2) is 43.8 Å². The van der Waals surface area contributed by atoms with Crippen LogP contribution in [0.15, 0.2) is 18.2 Å². The Kier molecular flexibility index (Phi) is 5.24. The monoisotopic (exact) mass is 270 g/mol. The molecule has 1 atom stereocenters. The number of morpholine rings is 1. The lowest BCUT2D eigenvalue weighted by molar-refractivity contribution is -0.0112. The van der Waals surface area contributed by atoms with Crippen molar-refractivity contribution < 1.29 is 13.5 Å². The molecule has 5 heteroatoms. The molecule has 1 aliphatic heterocycles. The SMILES string of the molecule is CCNCC1COCCN1Cc1cc(F)ccc1F. The van der Waals surface area contributed by atoms with Crippen molar-refractivity contribution in [3.63, 3.8) is 0 Å². The van der Waals surface area contributed by atoms with E-state index in [1.807, 2.05) is 6.92 Å². The van der Waals surface area contributed by atoms with Crippen LogP contribution in [-0.2, 0) is 11.3 Å². The lowest BCUT2D eigenvalue weighted by atomic mass is 10.1. The topological polar surface area (TPSA) is 24.5 Å². The van der Waals surface area contributed by atoms with Crippen LogP contribution in [0.5, 0.6) is 0 Å². The third-order valence-corrected chi connectivity index (χ3v) is 3.36. The number of rotatable bonds is 5. The molecule has 2 rings (SSSR count). The van der Waals surface area contributed by atoms with Gasteiger partial charge in [-0.25, -0.2) is 8.78 Å². The molecular formula is C14H20F2N2O. The van der Waals surface area contributed by atoms with Crippen molar-refractivity contribution in [1.29, 1.82) is 0 Å². The first-order valence-electron chi connectivity index (χ1n) is 6.67. The van der Waals surface area contributed by atoms with Crippen LogP contribution in [0, 0.1) is 11.6 Å². The smallest absolute Gasteiger partial charge is 0.127 e. The van der Waals surface area contributed by atoms with Crippen molar-refractivity contribution >= 4 is 0 Å². The number of likely N-dealkylation sites (N-methyl/N-ethyl adjacent to an activating group) is 1. The van der Waals surface area contributed by atoms with E-state index in [4.69, 9.17) is 4.74 Å². The van der Waals surface area contributed by atoms with Gasteiger partial charge in [-0.3, -0.25) is 4.90 Å². The van der Waals surface area contributed by atoms with Crippen LogP contribution in [0.1, 0.15) is 12.5 Å². The minimum atomic E-state index is -0.395. The molecule has 0 bridgehead atoms. The minimum absolute atomic E-state index is 0.205. The molecule has 1 aromatic rings. The molecular weight excluding hydrogens is 250 g/mol. The molecule has 0 aliphatic carbocycles. The van der Waals surface area contributed by atoms with Gasteiger partial charge in [-0.05, 0) is 24.7 Å². The predicted molar refractivity (Wildman–Crippen MR) is 69.9 cm³/mol. The van der Waals surface area contributed by atoms with Gasteiger partial charge in [0.2, 0.25) is 0 Å². The first kappa shape index (κ1) is 14.4. The lowest BCUT2D eigenvalue weighted by Crippen LogP contribution is -2.49. The summed E-state index contributed by atoms with van der Waals surface area (Å²) in [5, 5.41) is 3.27. The van der Waals surface area contributed by atoms with Gasteiger partial charge in [0.25, 0.3) is 0 Å². The van der Waals surface area contributed by atoms with Gasteiger partial charge in [-0.2, -0.15) is 0 Å². The largest absolute Gasteiger partial charge is 0.378 e. The number of ether oxygens (including phenoxy) is 1. The van der Waals surface area contributed by atoms with Crippen LogP contribution >= 0.6 is 0 Å². The summed E-state index contributed by atoms with van der Waals surface area (Å²) in [4.78, 5) is 2.14. The second-order valence-electron chi connectivity index (χ2n) is 4.74. The Balaban J connectivity index is 2.04. The molecule has 1 heterocycles. The average Bonchev–Trinajstić information content (AvgIpc) is 2.42. The Bertz CT molecular complexity index is 414. The maximum absolute atomic E-state index is 13.7. The fourth-order valence-electron chi connectivity index (χ4n) is 2.28. The summed E-state index contributed by atoms with van der Waals surface area (Å²) < 4.78 is 32.3. The van der Waals surface area contributed by atoms with Gasteiger partial charge < -0.3 is 10.1 Å². The molecule has 1 aromatic carbocycles. The zero-order chi connectivity index (χ0) is 13.7. The quantitative estimate of drug-likeness (QED) is 0.882. The van der Waals surface area contributed by atoms with Crippen molar-refractivity contribution in [3.05, 3.63) is 35.4 Å².